The fourth-order valence-corrected chi connectivity index (χ4v) is 6.35. The SMILES string of the molecule is COc1ccc(-c2csc(CN(C(=O)Cn3nnc4ccccc43)C(C(=O)Nc3ccc(N(C)C)cc3)c3ccc(OC)c(OC)c3)n2)cc1. The summed E-state index contributed by atoms with van der Waals surface area (Å²) >= 11 is 1.40. The summed E-state index contributed by atoms with van der Waals surface area (Å²) in [4.78, 5) is 37.4. The van der Waals surface area contributed by atoms with Gasteiger partial charge >= 0.3 is 0 Å². The number of rotatable bonds is 13. The number of para-hydroxylation sites is 1. The lowest BCUT2D eigenvalue weighted by Crippen LogP contribution is -2.42. The standard InChI is InChI=1S/C37H37N7O5S/c1-42(2)27-15-13-26(14-16-27)38-37(46)36(25-12-19-32(48-4)33(20-25)49-5)43(35(45)22-44-31-9-7-6-8-29(31)40-41-44)21-34-39-30(23-50-34)24-10-17-28(47-3)18-11-24/h6-20,23,36H,21-22H2,1-5H3,(H,38,46). The van der Waals surface area contributed by atoms with E-state index in [4.69, 9.17) is 19.2 Å². The number of thiazole rings is 1. The molecule has 2 amide bonds. The van der Waals surface area contributed by atoms with E-state index >= 15 is 0 Å². The number of amides is 2. The van der Waals surface area contributed by atoms with Gasteiger partial charge in [-0.2, -0.15) is 0 Å². The van der Waals surface area contributed by atoms with Gasteiger partial charge in [0.25, 0.3) is 5.91 Å². The molecule has 12 nitrogen and oxygen atoms in total. The Morgan fingerprint density at radius 1 is 0.880 bits per heavy atom. The van der Waals surface area contributed by atoms with Gasteiger partial charge in [0, 0.05) is 36.4 Å². The van der Waals surface area contributed by atoms with Crippen LogP contribution in [0, 0.1) is 0 Å². The molecule has 6 aromatic rings. The van der Waals surface area contributed by atoms with Crippen LogP contribution in [0.3, 0.4) is 0 Å². The van der Waals surface area contributed by atoms with Gasteiger partial charge in [0.15, 0.2) is 11.5 Å². The number of fused-ring (bicyclic) bond motifs is 1. The van der Waals surface area contributed by atoms with Crippen molar-refractivity contribution in [2.24, 2.45) is 0 Å². The van der Waals surface area contributed by atoms with Gasteiger partial charge in [-0.3, -0.25) is 9.59 Å². The van der Waals surface area contributed by atoms with E-state index < -0.39 is 11.9 Å². The van der Waals surface area contributed by atoms with E-state index in [9.17, 15) is 9.59 Å². The van der Waals surface area contributed by atoms with Crippen molar-refractivity contribution in [3.05, 3.63) is 107 Å². The molecule has 2 aromatic heterocycles. The van der Waals surface area contributed by atoms with Crippen molar-refractivity contribution in [2.75, 3.05) is 45.6 Å². The number of methoxy groups -OCH3 is 3. The molecule has 256 valence electrons. The fourth-order valence-electron chi connectivity index (χ4n) is 5.55. The van der Waals surface area contributed by atoms with Gasteiger partial charge in [0.1, 0.15) is 28.9 Å². The number of aromatic nitrogens is 4. The minimum Gasteiger partial charge on any atom is -0.497 e. The molecule has 0 saturated carbocycles. The van der Waals surface area contributed by atoms with E-state index in [0.717, 1.165) is 22.7 Å². The van der Waals surface area contributed by atoms with Crippen molar-refractivity contribution in [3.63, 3.8) is 0 Å². The molecule has 1 unspecified atom stereocenters. The number of nitrogens with one attached hydrogen (secondary N) is 1. The Morgan fingerprint density at radius 3 is 2.32 bits per heavy atom. The lowest BCUT2D eigenvalue weighted by atomic mass is 10.0. The first kappa shape index (κ1) is 33.9. The second-order valence-electron chi connectivity index (χ2n) is 11.6. The lowest BCUT2D eigenvalue weighted by Gasteiger charge is -2.31. The number of anilines is 2. The number of carbonyl (C=O) groups is 2. The van der Waals surface area contributed by atoms with Gasteiger partial charge in [0.05, 0.1) is 39.1 Å². The maximum absolute atomic E-state index is 14.5. The quantitative estimate of drug-likeness (QED) is 0.154. The van der Waals surface area contributed by atoms with Crippen LogP contribution in [0.2, 0.25) is 0 Å². The largest absolute Gasteiger partial charge is 0.497 e. The summed E-state index contributed by atoms with van der Waals surface area (Å²) in [7, 11) is 8.58. The predicted molar refractivity (Wildman–Crippen MR) is 194 cm³/mol. The average Bonchev–Trinajstić information content (AvgIpc) is 3.78. The Kier molecular flexibility index (Phi) is 10.2. The number of hydrogen-bond donors (Lipinski definition) is 1. The smallest absolute Gasteiger partial charge is 0.251 e. The molecule has 1 N–H and O–H groups in total. The Hall–Kier alpha value is -5.95. The number of hydrogen-bond acceptors (Lipinski definition) is 10. The number of nitrogens with zero attached hydrogens (tertiary/aromatic N) is 6. The molecule has 4 aromatic carbocycles. The Labute approximate surface area is 293 Å². The van der Waals surface area contributed by atoms with Crippen LogP contribution in [0.4, 0.5) is 11.4 Å². The van der Waals surface area contributed by atoms with Gasteiger partial charge in [-0.25, -0.2) is 9.67 Å². The zero-order chi connectivity index (χ0) is 35.2. The second kappa shape index (κ2) is 15.1. The lowest BCUT2D eigenvalue weighted by molar-refractivity contribution is -0.140. The maximum atomic E-state index is 14.5. The van der Waals surface area contributed by atoms with Crippen LogP contribution in [-0.2, 0) is 22.7 Å². The molecule has 2 heterocycles. The zero-order valence-corrected chi connectivity index (χ0v) is 29.2. The highest BCUT2D eigenvalue weighted by atomic mass is 32.1. The Balaban J connectivity index is 1.41. The van der Waals surface area contributed by atoms with Crippen molar-refractivity contribution in [1.82, 2.24) is 24.9 Å². The molecule has 50 heavy (non-hydrogen) atoms. The summed E-state index contributed by atoms with van der Waals surface area (Å²) in [6, 6.07) is 26.6. The number of benzene rings is 4. The summed E-state index contributed by atoms with van der Waals surface area (Å²) in [6.07, 6.45) is 0. The van der Waals surface area contributed by atoms with Gasteiger partial charge < -0.3 is 29.3 Å². The fraction of sp³-hybridized carbons (Fsp3) is 0.216. The van der Waals surface area contributed by atoms with E-state index in [1.165, 1.54) is 23.3 Å². The van der Waals surface area contributed by atoms with E-state index in [2.05, 4.69) is 15.6 Å². The summed E-state index contributed by atoms with van der Waals surface area (Å²) in [5.41, 5.74) is 5.08. The molecule has 1 atom stereocenters. The summed E-state index contributed by atoms with van der Waals surface area (Å²) in [5.74, 6) is 0.870. The monoisotopic (exact) mass is 691 g/mol. The molecule has 0 spiro atoms. The third kappa shape index (κ3) is 7.37. The highest BCUT2D eigenvalue weighted by Gasteiger charge is 2.34. The number of ether oxygens (including phenoxy) is 3. The van der Waals surface area contributed by atoms with E-state index in [0.29, 0.717) is 38.8 Å². The molecule has 0 radical (unpaired) electrons. The molecule has 13 heteroatoms. The van der Waals surface area contributed by atoms with Crippen molar-refractivity contribution >= 4 is 45.6 Å². The van der Waals surface area contributed by atoms with Crippen molar-refractivity contribution in [2.45, 2.75) is 19.1 Å². The zero-order valence-electron chi connectivity index (χ0n) is 28.4. The van der Waals surface area contributed by atoms with Crippen LogP contribution in [0.15, 0.2) is 96.4 Å². The molecule has 0 fully saturated rings. The molecule has 6 rings (SSSR count). The van der Waals surface area contributed by atoms with E-state index in [1.54, 1.807) is 37.1 Å². The van der Waals surface area contributed by atoms with Crippen LogP contribution in [-0.4, -0.2) is 72.1 Å². The molecular weight excluding hydrogens is 655 g/mol. The minimum absolute atomic E-state index is 0.0400. The van der Waals surface area contributed by atoms with Crippen molar-refractivity contribution < 1.29 is 23.8 Å². The first-order valence-corrected chi connectivity index (χ1v) is 16.6. The van der Waals surface area contributed by atoms with E-state index in [-0.39, 0.29) is 19.0 Å². The topological polar surface area (TPSA) is 124 Å². The van der Waals surface area contributed by atoms with Gasteiger partial charge in [-0.05, 0) is 78.4 Å². The normalized spacial score (nSPS) is 11.5. The first-order chi connectivity index (χ1) is 24.3. The van der Waals surface area contributed by atoms with Gasteiger partial charge in [-0.1, -0.05) is 23.4 Å². The molecule has 0 aliphatic carbocycles. The highest BCUT2D eigenvalue weighted by molar-refractivity contribution is 7.09. The highest BCUT2D eigenvalue weighted by Crippen LogP contribution is 2.35. The average molecular weight is 692 g/mol. The minimum atomic E-state index is -1.10. The molecule has 0 aliphatic rings. The van der Waals surface area contributed by atoms with Crippen LogP contribution in [0.5, 0.6) is 17.2 Å². The summed E-state index contributed by atoms with van der Waals surface area (Å²) in [5, 5.41) is 14.1. The van der Waals surface area contributed by atoms with Crippen molar-refractivity contribution in [3.8, 4) is 28.5 Å². The van der Waals surface area contributed by atoms with Crippen molar-refractivity contribution in [1.29, 1.82) is 0 Å². The van der Waals surface area contributed by atoms with Crippen LogP contribution < -0.4 is 24.4 Å². The Morgan fingerprint density at radius 2 is 1.62 bits per heavy atom. The van der Waals surface area contributed by atoms with Crippen LogP contribution in [0.25, 0.3) is 22.3 Å². The maximum Gasteiger partial charge on any atom is 0.251 e. The molecule has 0 bridgehead atoms. The van der Waals surface area contributed by atoms with Gasteiger partial charge in [0.2, 0.25) is 5.91 Å². The third-order valence-corrected chi connectivity index (χ3v) is 9.04. The molecular formula is C37H37N7O5S. The summed E-state index contributed by atoms with van der Waals surface area (Å²) in [6.45, 7) is -0.121. The molecule has 0 aliphatic heterocycles. The predicted octanol–water partition coefficient (Wildman–Crippen LogP) is 6.06. The summed E-state index contributed by atoms with van der Waals surface area (Å²) < 4.78 is 18.0. The first-order valence-electron chi connectivity index (χ1n) is 15.7. The van der Waals surface area contributed by atoms with Crippen LogP contribution in [0.1, 0.15) is 16.6 Å². The third-order valence-electron chi connectivity index (χ3n) is 8.20. The molecule has 0 saturated heterocycles. The number of carbonyl (C=O) groups excluding carboxylic acids is 2. The van der Waals surface area contributed by atoms with E-state index in [1.807, 2.05) is 97.2 Å². The Bertz CT molecular complexity index is 2090. The van der Waals surface area contributed by atoms with Crippen LogP contribution >= 0.6 is 11.3 Å². The second-order valence-corrected chi connectivity index (χ2v) is 12.5. The van der Waals surface area contributed by atoms with Gasteiger partial charge in [-0.15, -0.1) is 16.4 Å².